The predicted octanol–water partition coefficient (Wildman–Crippen LogP) is -1.16. The quantitative estimate of drug-likeness (QED) is 0.441. The molecule has 0 aromatic rings. The van der Waals surface area contributed by atoms with Gasteiger partial charge in [0.05, 0.1) is 31.0 Å². The molecule has 0 bridgehead atoms. The first-order valence-corrected chi connectivity index (χ1v) is 4.68. The molecule has 5 heteroatoms. The summed E-state index contributed by atoms with van der Waals surface area (Å²) in [5.74, 6) is 0. The number of ether oxygens (including phenoxy) is 1. The molecule has 3 atom stereocenters. The lowest BCUT2D eigenvalue weighted by Crippen LogP contribution is -2.51. The maximum absolute atomic E-state index is 9.24. The van der Waals surface area contributed by atoms with Crippen LogP contribution in [0.5, 0.6) is 0 Å². The lowest BCUT2D eigenvalue weighted by molar-refractivity contribution is -0.143. The molecule has 0 rings (SSSR count). The van der Waals surface area contributed by atoms with Crippen molar-refractivity contribution in [1.82, 2.24) is 0 Å². The van der Waals surface area contributed by atoms with E-state index in [9.17, 15) is 5.11 Å². The van der Waals surface area contributed by atoms with Gasteiger partial charge in [0.2, 0.25) is 0 Å². The summed E-state index contributed by atoms with van der Waals surface area (Å²) in [6.07, 6.45) is -1.45. The largest absolute Gasteiger partial charge is 0.395 e. The van der Waals surface area contributed by atoms with Crippen LogP contribution in [0.15, 0.2) is 0 Å². The van der Waals surface area contributed by atoms with Gasteiger partial charge in [0.15, 0.2) is 0 Å². The summed E-state index contributed by atoms with van der Waals surface area (Å²) in [6.45, 7) is 4.46. The van der Waals surface area contributed by atoms with Gasteiger partial charge in [0, 0.05) is 0 Å². The van der Waals surface area contributed by atoms with Crippen molar-refractivity contribution < 1.29 is 20.1 Å². The van der Waals surface area contributed by atoms with Crippen molar-refractivity contribution in [1.29, 1.82) is 0 Å². The van der Waals surface area contributed by atoms with E-state index < -0.39 is 23.9 Å². The van der Waals surface area contributed by atoms with Crippen LogP contribution in [0.3, 0.4) is 0 Å². The van der Waals surface area contributed by atoms with Gasteiger partial charge in [-0.2, -0.15) is 0 Å². The molecule has 0 spiro atoms. The second kappa shape index (κ2) is 5.63. The van der Waals surface area contributed by atoms with E-state index in [4.69, 9.17) is 20.7 Å². The molecule has 1 unspecified atom stereocenters. The van der Waals surface area contributed by atoms with Gasteiger partial charge < -0.3 is 25.8 Å². The highest BCUT2D eigenvalue weighted by molar-refractivity contribution is 4.84. The van der Waals surface area contributed by atoms with Crippen molar-refractivity contribution in [3.8, 4) is 0 Å². The third kappa shape index (κ3) is 3.89. The monoisotopic (exact) mass is 207 g/mol. The first kappa shape index (κ1) is 13.8. The number of nitrogens with two attached hydrogens (primary N) is 1. The zero-order valence-electron chi connectivity index (χ0n) is 8.97. The van der Waals surface area contributed by atoms with Crippen molar-refractivity contribution in [3.63, 3.8) is 0 Å². The molecule has 0 amide bonds. The molecule has 0 saturated heterocycles. The Bertz CT molecular complexity index is 161. The molecule has 5 nitrogen and oxygen atoms in total. The van der Waals surface area contributed by atoms with Crippen LogP contribution in [-0.4, -0.2) is 52.4 Å². The highest BCUT2D eigenvalue weighted by Crippen LogP contribution is 2.17. The molecule has 5 N–H and O–H groups in total. The summed E-state index contributed by atoms with van der Waals surface area (Å²) in [6, 6.07) is -0.546. The Kier molecular flexibility index (Phi) is 5.54. The van der Waals surface area contributed by atoms with E-state index in [-0.39, 0.29) is 13.2 Å². The fourth-order valence-corrected chi connectivity index (χ4v) is 0.986. The van der Waals surface area contributed by atoms with Crippen LogP contribution in [0.4, 0.5) is 0 Å². The SMILES string of the molecule is C[C@H](O)C(CO)OC(C)(C)[C@@H](N)CO. The predicted molar refractivity (Wildman–Crippen MR) is 52.8 cm³/mol. The minimum Gasteiger partial charge on any atom is -0.395 e. The first-order chi connectivity index (χ1) is 6.35. The van der Waals surface area contributed by atoms with Gasteiger partial charge in [0.1, 0.15) is 6.10 Å². The summed E-state index contributed by atoms with van der Waals surface area (Å²) < 4.78 is 5.42. The molecule has 0 aliphatic rings. The molecule has 14 heavy (non-hydrogen) atoms. The number of rotatable bonds is 6. The van der Waals surface area contributed by atoms with Crippen LogP contribution in [-0.2, 0) is 4.74 Å². The molecule has 0 fully saturated rings. The maximum atomic E-state index is 9.24. The topological polar surface area (TPSA) is 95.9 Å². The summed E-state index contributed by atoms with van der Waals surface area (Å²) in [5.41, 5.74) is 4.84. The molecule has 0 aliphatic heterocycles. The summed E-state index contributed by atoms with van der Waals surface area (Å²) in [5, 5.41) is 27.0. The van der Waals surface area contributed by atoms with Gasteiger partial charge in [-0.3, -0.25) is 0 Å². The van der Waals surface area contributed by atoms with Gasteiger partial charge >= 0.3 is 0 Å². The Morgan fingerprint density at radius 1 is 1.29 bits per heavy atom. The average Bonchev–Trinajstić information content (AvgIpc) is 2.12. The molecule has 0 aromatic carbocycles. The van der Waals surface area contributed by atoms with Crippen molar-refractivity contribution in [2.24, 2.45) is 5.73 Å². The Morgan fingerprint density at radius 3 is 2.07 bits per heavy atom. The molecule has 0 aliphatic carbocycles. The van der Waals surface area contributed by atoms with Crippen LogP contribution >= 0.6 is 0 Å². The minimum absolute atomic E-state index is 0.203. The van der Waals surface area contributed by atoms with Gasteiger partial charge in [-0.1, -0.05) is 0 Å². The van der Waals surface area contributed by atoms with E-state index in [2.05, 4.69) is 0 Å². The molecular weight excluding hydrogens is 186 g/mol. The third-order valence-electron chi connectivity index (χ3n) is 2.26. The number of hydrogen-bond donors (Lipinski definition) is 4. The van der Waals surface area contributed by atoms with Crippen molar-refractivity contribution >= 4 is 0 Å². The standard InChI is InChI=1S/C9H21NO4/c1-6(13)7(4-11)14-9(2,3)8(10)5-12/h6-8,11-13H,4-5,10H2,1-3H3/t6-,7?,8-/m0/s1. The van der Waals surface area contributed by atoms with Crippen molar-refractivity contribution in [2.75, 3.05) is 13.2 Å². The number of aliphatic hydroxyl groups excluding tert-OH is 3. The van der Waals surface area contributed by atoms with Crippen molar-refractivity contribution in [3.05, 3.63) is 0 Å². The van der Waals surface area contributed by atoms with Crippen LogP contribution in [0.1, 0.15) is 20.8 Å². The normalized spacial score (nSPS) is 19.1. The summed E-state index contributed by atoms with van der Waals surface area (Å²) in [7, 11) is 0. The van der Waals surface area contributed by atoms with Gasteiger partial charge in [-0.15, -0.1) is 0 Å². The van der Waals surface area contributed by atoms with E-state index in [1.54, 1.807) is 13.8 Å². The second-order valence-electron chi connectivity index (χ2n) is 3.97. The smallest absolute Gasteiger partial charge is 0.107 e. The van der Waals surface area contributed by atoms with Crippen LogP contribution in [0, 0.1) is 0 Å². The molecule has 0 aromatic heterocycles. The van der Waals surface area contributed by atoms with Crippen molar-refractivity contribution in [2.45, 2.75) is 44.6 Å². The second-order valence-corrected chi connectivity index (χ2v) is 3.97. The van der Waals surface area contributed by atoms with E-state index in [1.165, 1.54) is 6.92 Å². The maximum Gasteiger partial charge on any atom is 0.107 e. The van der Waals surface area contributed by atoms with Gasteiger partial charge in [-0.05, 0) is 20.8 Å². The van der Waals surface area contributed by atoms with Crippen LogP contribution in [0.25, 0.3) is 0 Å². The fourth-order valence-electron chi connectivity index (χ4n) is 0.986. The molecular formula is C9H21NO4. The summed E-state index contributed by atoms with van der Waals surface area (Å²) >= 11 is 0. The Labute approximate surface area is 84.5 Å². The highest BCUT2D eigenvalue weighted by Gasteiger charge is 2.31. The Hall–Kier alpha value is -0.200. The highest BCUT2D eigenvalue weighted by atomic mass is 16.5. The van der Waals surface area contributed by atoms with E-state index in [0.29, 0.717) is 0 Å². The third-order valence-corrected chi connectivity index (χ3v) is 2.26. The van der Waals surface area contributed by atoms with Gasteiger partial charge in [0.25, 0.3) is 0 Å². The van der Waals surface area contributed by atoms with E-state index in [0.717, 1.165) is 0 Å². The molecule has 0 radical (unpaired) electrons. The molecule has 0 saturated carbocycles. The minimum atomic E-state index is -0.779. The lowest BCUT2D eigenvalue weighted by Gasteiger charge is -2.35. The molecule has 0 heterocycles. The average molecular weight is 207 g/mol. The van der Waals surface area contributed by atoms with Crippen LogP contribution < -0.4 is 5.73 Å². The fraction of sp³-hybridized carbons (Fsp3) is 1.00. The number of hydrogen-bond acceptors (Lipinski definition) is 5. The van der Waals surface area contributed by atoms with Crippen LogP contribution in [0.2, 0.25) is 0 Å². The summed E-state index contributed by atoms with van der Waals surface area (Å²) in [4.78, 5) is 0. The van der Waals surface area contributed by atoms with Gasteiger partial charge in [-0.25, -0.2) is 0 Å². The first-order valence-electron chi connectivity index (χ1n) is 4.68. The number of aliphatic hydroxyl groups is 3. The zero-order valence-corrected chi connectivity index (χ0v) is 8.97. The Balaban J connectivity index is 4.31. The lowest BCUT2D eigenvalue weighted by atomic mass is 9.99. The molecule has 86 valence electrons. The van der Waals surface area contributed by atoms with E-state index >= 15 is 0 Å². The van der Waals surface area contributed by atoms with E-state index in [1.807, 2.05) is 0 Å². The zero-order chi connectivity index (χ0) is 11.4. The Morgan fingerprint density at radius 2 is 1.79 bits per heavy atom.